The lowest BCUT2D eigenvalue weighted by molar-refractivity contribution is -0.167. The van der Waals surface area contributed by atoms with Crippen LogP contribution in [-0.2, 0) is 28.6 Å². The van der Waals surface area contributed by atoms with E-state index in [1.807, 2.05) is 0 Å². The zero-order chi connectivity index (χ0) is 58.5. The number of carbonyl (C=O) groups excluding carboxylic acids is 3. The zero-order valence-corrected chi connectivity index (χ0v) is 53.0. The van der Waals surface area contributed by atoms with Crippen LogP contribution in [0.3, 0.4) is 0 Å². The Morgan fingerprint density at radius 1 is 0.259 bits per heavy atom. The average Bonchev–Trinajstić information content (AvgIpc) is 3.47. The quantitative estimate of drug-likeness (QED) is 0.0261. The number of hydrogen-bond acceptors (Lipinski definition) is 6. The van der Waals surface area contributed by atoms with E-state index in [-0.39, 0.29) is 37.5 Å². The third kappa shape index (κ3) is 66.5. The van der Waals surface area contributed by atoms with E-state index in [9.17, 15) is 14.4 Å². The molecule has 0 aliphatic carbocycles. The van der Waals surface area contributed by atoms with E-state index < -0.39 is 6.10 Å². The van der Waals surface area contributed by atoms with Crippen molar-refractivity contribution in [2.75, 3.05) is 13.2 Å². The molecule has 0 amide bonds. The first kappa shape index (κ1) is 76.8. The molecule has 0 spiro atoms. The van der Waals surface area contributed by atoms with Gasteiger partial charge in [-0.2, -0.15) is 0 Å². The second-order valence-electron chi connectivity index (χ2n) is 22.3. The van der Waals surface area contributed by atoms with E-state index in [1.165, 1.54) is 154 Å². The molecule has 1 atom stereocenters. The molecule has 0 aromatic heterocycles. The lowest BCUT2D eigenvalue weighted by Crippen LogP contribution is -2.30. The van der Waals surface area contributed by atoms with E-state index in [2.05, 4.69) is 142 Å². The molecule has 0 aromatic carbocycles. The molecule has 0 aliphatic heterocycles. The number of ether oxygens (including phenoxy) is 3. The van der Waals surface area contributed by atoms with Gasteiger partial charge in [-0.15, -0.1) is 0 Å². The summed E-state index contributed by atoms with van der Waals surface area (Å²) in [4.78, 5) is 38.4. The Bertz CT molecular complexity index is 1670. The molecular weight excluding hydrogens is 997 g/mol. The van der Waals surface area contributed by atoms with Crippen molar-refractivity contribution in [2.24, 2.45) is 0 Å². The van der Waals surface area contributed by atoms with Crippen LogP contribution in [0.15, 0.2) is 122 Å². The number of rotatable bonds is 61. The molecule has 0 aromatic rings. The highest BCUT2D eigenvalue weighted by Gasteiger charge is 2.19. The molecule has 0 heterocycles. The van der Waals surface area contributed by atoms with Gasteiger partial charge in [0.2, 0.25) is 0 Å². The van der Waals surface area contributed by atoms with E-state index in [4.69, 9.17) is 14.2 Å². The number of hydrogen-bond donors (Lipinski definition) is 0. The van der Waals surface area contributed by atoms with Crippen LogP contribution in [0.1, 0.15) is 316 Å². The smallest absolute Gasteiger partial charge is 0.306 e. The van der Waals surface area contributed by atoms with Crippen LogP contribution in [0.2, 0.25) is 0 Å². The normalized spacial score (nSPS) is 12.9. The topological polar surface area (TPSA) is 78.9 Å². The molecule has 0 fully saturated rings. The minimum absolute atomic E-state index is 0.106. The third-order valence-electron chi connectivity index (χ3n) is 14.4. The Hall–Kier alpha value is -4.19. The third-order valence-corrected chi connectivity index (χ3v) is 14.4. The molecule has 0 rings (SSSR count). The monoisotopic (exact) mass is 1120 g/mol. The van der Waals surface area contributed by atoms with Gasteiger partial charge < -0.3 is 14.2 Å². The summed E-state index contributed by atoms with van der Waals surface area (Å²) in [5.41, 5.74) is 0. The summed E-state index contributed by atoms with van der Waals surface area (Å²) in [5.74, 6) is -0.975. The molecule has 1 unspecified atom stereocenters. The summed E-state index contributed by atoms with van der Waals surface area (Å²) in [6.07, 6.45) is 95.2. The fourth-order valence-corrected chi connectivity index (χ4v) is 9.40. The first-order valence-electron chi connectivity index (χ1n) is 34.0. The van der Waals surface area contributed by atoms with Gasteiger partial charge in [0.1, 0.15) is 13.2 Å². The summed E-state index contributed by atoms with van der Waals surface area (Å²) in [6, 6.07) is 0. The van der Waals surface area contributed by atoms with Gasteiger partial charge in [0, 0.05) is 19.3 Å². The Labute approximate surface area is 501 Å². The summed E-state index contributed by atoms with van der Waals surface area (Å²) < 4.78 is 16.9. The Morgan fingerprint density at radius 2 is 0.481 bits per heavy atom. The van der Waals surface area contributed by atoms with Crippen LogP contribution in [0, 0.1) is 0 Å². The first-order chi connectivity index (χ1) is 40.0. The lowest BCUT2D eigenvalue weighted by Gasteiger charge is -2.18. The predicted molar refractivity (Wildman–Crippen MR) is 353 cm³/mol. The molecule has 0 bridgehead atoms. The standard InChI is InChI=1S/C75H126O6/c1-4-7-10-13-16-19-22-25-28-30-32-33-34-35-36-37-38-39-40-41-43-44-47-50-53-56-59-62-65-68-74(77)80-71-72(70-79-73(76)67-64-61-58-55-52-49-46-27-24-21-18-15-12-9-6-3)81-75(78)69-66-63-60-57-54-51-48-45-42-31-29-26-23-20-17-14-11-8-5-2/h8-9,11-12,17-18,20-21,26-27,29-30,32,42,45-46,51-52,54-55,72H,4-7,10,13-16,19,22-25,28,31,33-41,43-44,47-50,53,56-71H2,1-3H3/b11-8-,12-9-,20-17-,21-18-,29-26-,32-30-,45-42-,46-27-,54-51-,55-52-. The van der Waals surface area contributed by atoms with Crippen molar-refractivity contribution < 1.29 is 28.6 Å². The van der Waals surface area contributed by atoms with Crippen molar-refractivity contribution in [1.29, 1.82) is 0 Å². The highest BCUT2D eigenvalue weighted by molar-refractivity contribution is 5.71. The SMILES string of the molecule is CC/C=C\C/C=C\C/C=C\C/C=C\C/C=C\CCCCCC(=O)OC(COC(=O)CCCC/C=C\C/C=C\C/C=C\C/C=C\CC)COC(=O)CCCCCCCCCCCCCCCCCCC/C=C\CCCCCCCCCC. The van der Waals surface area contributed by atoms with Crippen molar-refractivity contribution in [2.45, 2.75) is 322 Å². The summed E-state index contributed by atoms with van der Waals surface area (Å²) >= 11 is 0. The molecule has 0 N–H and O–H groups in total. The number of allylic oxidation sites excluding steroid dienone is 20. The Kier molecular flexibility index (Phi) is 64.8. The number of esters is 3. The second kappa shape index (κ2) is 68.3. The van der Waals surface area contributed by atoms with E-state index in [1.54, 1.807) is 0 Å². The van der Waals surface area contributed by atoms with Gasteiger partial charge in [0.05, 0.1) is 0 Å². The highest BCUT2D eigenvalue weighted by atomic mass is 16.6. The lowest BCUT2D eigenvalue weighted by atomic mass is 10.0. The van der Waals surface area contributed by atoms with E-state index in [0.29, 0.717) is 25.7 Å². The van der Waals surface area contributed by atoms with Gasteiger partial charge in [-0.25, -0.2) is 0 Å². The van der Waals surface area contributed by atoms with Crippen molar-refractivity contribution >= 4 is 17.9 Å². The summed E-state index contributed by atoms with van der Waals surface area (Å²) in [7, 11) is 0. The number of unbranched alkanes of at least 4 members (excludes halogenated alkanes) is 30. The van der Waals surface area contributed by atoms with E-state index >= 15 is 0 Å². The van der Waals surface area contributed by atoms with Gasteiger partial charge >= 0.3 is 17.9 Å². The minimum atomic E-state index is -0.817. The van der Waals surface area contributed by atoms with Crippen LogP contribution < -0.4 is 0 Å². The van der Waals surface area contributed by atoms with Gasteiger partial charge in [0.15, 0.2) is 6.10 Å². The van der Waals surface area contributed by atoms with Gasteiger partial charge in [-0.05, 0) is 128 Å². The Balaban J connectivity index is 4.34. The molecule has 81 heavy (non-hydrogen) atoms. The molecular formula is C75H126O6. The van der Waals surface area contributed by atoms with Crippen LogP contribution in [0.25, 0.3) is 0 Å². The van der Waals surface area contributed by atoms with Crippen molar-refractivity contribution in [3.63, 3.8) is 0 Å². The fourth-order valence-electron chi connectivity index (χ4n) is 9.40. The van der Waals surface area contributed by atoms with E-state index in [0.717, 1.165) is 109 Å². The van der Waals surface area contributed by atoms with Crippen molar-refractivity contribution in [1.82, 2.24) is 0 Å². The van der Waals surface area contributed by atoms with Gasteiger partial charge in [-0.3, -0.25) is 14.4 Å². The van der Waals surface area contributed by atoms with Crippen LogP contribution in [-0.4, -0.2) is 37.2 Å². The first-order valence-corrected chi connectivity index (χ1v) is 34.0. The largest absolute Gasteiger partial charge is 0.462 e. The molecule has 6 nitrogen and oxygen atoms in total. The molecule has 462 valence electrons. The maximum Gasteiger partial charge on any atom is 0.306 e. The maximum absolute atomic E-state index is 12.9. The molecule has 6 heteroatoms. The maximum atomic E-state index is 12.9. The fraction of sp³-hybridized carbons (Fsp3) is 0.693. The predicted octanol–water partition coefficient (Wildman–Crippen LogP) is 23.6. The number of carbonyl (C=O) groups is 3. The summed E-state index contributed by atoms with van der Waals surface area (Å²) in [6.45, 7) is 6.37. The zero-order valence-electron chi connectivity index (χ0n) is 53.0. The molecule has 0 radical (unpaired) electrons. The van der Waals surface area contributed by atoms with Gasteiger partial charge in [-0.1, -0.05) is 290 Å². The Morgan fingerprint density at radius 3 is 0.802 bits per heavy atom. The van der Waals surface area contributed by atoms with Crippen LogP contribution >= 0.6 is 0 Å². The molecule has 0 aliphatic rings. The summed E-state index contributed by atoms with van der Waals surface area (Å²) in [5, 5.41) is 0. The average molecular weight is 1120 g/mol. The second-order valence-corrected chi connectivity index (χ2v) is 22.3. The van der Waals surface area contributed by atoms with Crippen molar-refractivity contribution in [3.8, 4) is 0 Å². The van der Waals surface area contributed by atoms with Gasteiger partial charge in [0.25, 0.3) is 0 Å². The van der Waals surface area contributed by atoms with Crippen LogP contribution in [0.5, 0.6) is 0 Å². The van der Waals surface area contributed by atoms with Crippen molar-refractivity contribution in [3.05, 3.63) is 122 Å². The molecule has 0 saturated carbocycles. The highest BCUT2D eigenvalue weighted by Crippen LogP contribution is 2.17. The minimum Gasteiger partial charge on any atom is -0.462 e. The van der Waals surface area contributed by atoms with Crippen LogP contribution in [0.4, 0.5) is 0 Å². The molecule has 0 saturated heterocycles.